The minimum atomic E-state index is -0.163. The number of Topliss-reactive ketones (excluding diaryl/α,β-unsaturated/α-hetero) is 1. The SMILES string of the molecule is CC1(C(=O)Cc2csnn2)CCCS1. The van der Waals surface area contributed by atoms with Crippen LogP contribution in [0.2, 0.25) is 0 Å². The van der Waals surface area contributed by atoms with Crippen molar-refractivity contribution in [3.05, 3.63) is 11.1 Å². The fourth-order valence-electron chi connectivity index (χ4n) is 1.61. The van der Waals surface area contributed by atoms with Gasteiger partial charge in [-0.15, -0.1) is 16.9 Å². The van der Waals surface area contributed by atoms with Gasteiger partial charge in [-0.1, -0.05) is 4.49 Å². The fraction of sp³-hybridized carbons (Fsp3) is 0.667. The summed E-state index contributed by atoms with van der Waals surface area (Å²) >= 11 is 3.08. The number of hydrogen-bond donors (Lipinski definition) is 0. The predicted octanol–water partition coefficient (Wildman–Crippen LogP) is 1.94. The Kier molecular flexibility index (Phi) is 2.88. The summed E-state index contributed by atoms with van der Waals surface area (Å²) < 4.78 is 3.59. The van der Waals surface area contributed by atoms with Crippen LogP contribution in [0.1, 0.15) is 25.5 Å². The molecule has 0 aromatic carbocycles. The van der Waals surface area contributed by atoms with Crippen LogP contribution in [0.25, 0.3) is 0 Å². The van der Waals surface area contributed by atoms with Gasteiger partial charge in [-0.05, 0) is 37.1 Å². The first-order chi connectivity index (χ1) is 6.71. The van der Waals surface area contributed by atoms with E-state index in [1.807, 2.05) is 12.3 Å². The lowest BCUT2D eigenvalue weighted by Crippen LogP contribution is -2.30. The quantitative estimate of drug-likeness (QED) is 0.793. The molecule has 1 unspecified atom stereocenters. The summed E-state index contributed by atoms with van der Waals surface area (Å²) in [5.41, 5.74) is 0.814. The molecular weight excluding hydrogens is 216 g/mol. The van der Waals surface area contributed by atoms with Crippen LogP contribution >= 0.6 is 23.3 Å². The standard InChI is InChI=1S/C9H12N2OS2/c1-9(3-2-4-13-9)8(12)5-7-6-14-11-10-7/h6H,2-5H2,1H3. The fourth-order valence-corrected chi connectivity index (χ4v) is 3.32. The van der Waals surface area contributed by atoms with Gasteiger partial charge in [-0.2, -0.15) is 0 Å². The van der Waals surface area contributed by atoms with Gasteiger partial charge in [-0.3, -0.25) is 4.79 Å². The normalized spacial score (nSPS) is 26.6. The molecule has 76 valence electrons. The molecule has 1 saturated heterocycles. The predicted molar refractivity (Wildman–Crippen MR) is 58.7 cm³/mol. The van der Waals surface area contributed by atoms with E-state index in [0.29, 0.717) is 12.2 Å². The van der Waals surface area contributed by atoms with E-state index >= 15 is 0 Å². The van der Waals surface area contributed by atoms with E-state index in [2.05, 4.69) is 9.59 Å². The zero-order chi connectivity index (χ0) is 10.0. The Hall–Kier alpha value is -0.420. The molecule has 0 spiro atoms. The second kappa shape index (κ2) is 3.98. The number of rotatable bonds is 3. The van der Waals surface area contributed by atoms with Crippen molar-refractivity contribution in [2.45, 2.75) is 30.9 Å². The van der Waals surface area contributed by atoms with Crippen LogP contribution in [0.3, 0.4) is 0 Å². The molecule has 1 atom stereocenters. The molecule has 1 aromatic heterocycles. The van der Waals surface area contributed by atoms with Crippen LogP contribution in [0.5, 0.6) is 0 Å². The van der Waals surface area contributed by atoms with Crippen LogP contribution in [0.15, 0.2) is 5.38 Å². The van der Waals surface area contributed by atoms with Crippen LogP contribution in [0.4, 0.5) is 0 Å². The average molecular weight is 228 g/mol. The molecule has 14 heavy (non-hydrogen) atoms. The van der Waals surface area contributed by atoms with E-state index < -0.39 is 0 Å². The van der Waals surface area contributed by atoms with Gasteiger partial charge in [0.2, 0.25) is 0 Å². The van der Waals surface area contributed by atoms with Gasteiger partial charge in [0.05, 0.1) is 16.9 Å². The first-order valence-electron chi connectivity index (χ1n) is 4.64. The lowest BCUT2D eigenvalue weighted by atomic mass is 9.97. The number of aromatic nitrogens is 2. The molecule has 1 aliphatic heterocycles. The van der Waals surface area contributed by atoms with Crippen molar-refractivity contribution in [1.29, 1.82) is 0 Å². The Morgan fingerprint density at radius 3 is 3.14 bits per heavy atom. The molecular formula is C9H12N2OS2. The van der Waals surface area contributed by atoms with Crippen molar-refractivity contribution in [2.24, 2.45) is 0 Å². The number of ketones is 1. The van der Waals surface area contributed by atoms with Gasteiger partial charge in [0, 0.05) is 5.38 Å². The molecule has 0 radical (unpaired) electrons. The summed E-state index contributed by atoms with van der Waals surface area (Å²) in [5.74, 6) is 1.41. The topological polar surface area (TPSA) is 42.9 Å². The lowest BCUT2D eigenvalue weighted by Gasteiger charge is -2.19. The van der Waals surface area contributed by atoms with Crippen LogP contribution < -0.4 is 0 Å². The summed E-state index contributed by atoms with van der Waals surface area (Å²) in [7, 11) is 0. The third-order valence-corrected chi connectivity index (χ3v) is 4.67. The summed E-state index contributed by atoms with van der Waals surface area (Å²) in [5, 5.41) is 5.75. The molecule has 1 fully saturated rings. The zero-order valence-electron chi connectivity index (χ0n) is 8.02. The van der Waals surface area contributed by atoms with Crippen LogP contribution in [-0.4, -0.2) is 25.9 Å². The number of hydrogen-bond acceptors (Lipinski definition) is 5. The Labute approximate surface area is 91.5 Å². The molecule has 2 rings (SSSR count). The van der Waals surface area contributed by atoms with Gasteiger partial charge in [0.1, 0.15) is 0 Å². The summed E-state index contributed by atoms with van der Waals surface area (Å²) in [6, 6.07) is 0. The third-order valence-electron chi connectivity index (χ3n) is 2.56. The zero-order valence-corrected chi connectivity index (χ0v) is 9.66. The number of carbonyl (C=O) groups excluding carboxylic acids is 1. The minimum absolute atomic E-state index is 0.163. The molecule has 3 nitrogen and oxygen atoms in total. The summed E-state index contributed by atoms with van der Waals surface area (Å²) in [4.78, 5) is 12.0. The van der Waals surface area contributed by atoms with Gasteiger partial charge >= 0.3 is 0 Å². The first-order valence-corrected chi connectivity index (χ1v) is 6.46. The van der Waals surface area contributed by atoms with Gasteiger partial charge in [0.25, 0.3) is 0 Å². The highest BCUT2D eigenvalue weighted by atomic mass is 32.2. The lowest BCUT2D eigenvalue weighted by molar-refractivity contribution is -0.120. The first kappa shape index (κ1) is 10.1. The van der Waals surface area contributed by atoms with Crippen LogP contribution in [-0.2, 0) is 11.2 Å². The highest BCUT2D eigenvalue weighted by Gasteiger charge is 2.36. The maximum absolute atomic E-state index is 12.0. The van der Waals surface area contributed by atoms with E-state index in [1.165, 1.54) is 11.5 Å². The Morgan fingerprint density at radius 2 is 2.57 bits per heavy atom. The van der Waals surface area contributed by atoms with Gasteiger partial charge in [-0.25, -0.2) is 0 Å². The molecule has 5 heteroatoms. The number of nitrogens with zero attached hydrogens (tertiary/aromatic N) is 2. The van der Waals surface area contributed by atoms with Crippen molar-refractivity contribution in [3.8, 4) is 0 Å². The monoisotopic (exact) mass is 228 g/mol. The molecule has 0 N–H and O–H groups in total. The van der Waals surface area contributed by atoms with E-state index in [1.54, 1.807) is 11.8 Å². The summed E-state index contributed by atoms with van der Waals surface area (Å²) in [6.45, 7) is 2.05. The van der Waals surface area contributed by atoms with Gasteiger partial charge < -0.3 is 0 Å². The van der Waals surface area contributed by atoms with E-state index in [0.717, 1.165) is 24.3 Å². The highest BCUT2D eigenvalue weighted by molar-refractivity contribution is 8.01. The second-order valence-corrected chi connectivity index (χ2v) is 5.89. The van der Waals surface area contributed by atoms with Crippen LogP contribution in [0, 0.1) is 0 Å². The molecule has 2 heterocycles. The van der Waals surface area contributed by atoms with Crippen molar-refractivity contribution < 1.29 is 4.79 Å². The second-order valence-electron chi connectivity index (χ2n) is 3.68. The molecule has 0 bridgehead atoms. The minimum Gasteiger partial charge on any atom is -0.298 e. The third kappa shape index (κ3) is 1.98. The smallest absolute Gasteiger partial charge is 0.154 e. The Bertz CT molecular complexity index is 318. The molecule has 1 aliphatic rings. The number of thioether (sulfide) groups is 1. The van der Waals surface area contributed by atoms with E-state index in [9.17, 15) is 4.79 Å². The largest absolute Gasteiger partial charge is 0.298 e. The molecule has 0 aliphatic carbocycles. The van der Waals surface area contributed by atoms with E-state index in [-0.39, 0.29) is 4.75 Å². The maximum Gasteiger partial charge on any atom is 0.154 e. The summed E-state index contributed by atoms with van der Waals surface area (Å²) in [6.07, 6.45) is 2.61. The Morgan fingerprint density at radius 1 is 1.71 bits per heavy atom. The molecule has 0 amide bonds. The molecule has 0 saturated carbocycles. The van der Waals surface area contributed by atoms with Crippen molar-refractivity contribution in [3.63, 3.8) is 0 Å². The van der Waals surface area contributed by atoms with Crippen molar-refractivity contribution in [1.82, 2.24) is 9.59 Å². The maximum atomic E-state index is 12.0. The van der Waals surface area contributed by atoms with E-state index in [4.69, 9.17) is 0 Å². The Balaban J connectivity index is 2.02. The van der Waals surface area contributed by atoms with Crippen molar-refractivity contribution >= 4 is 29.1 Å². The van der Waals surface area contributed by atoms with Gasteiger partial charge in [0.15, 0.2) is 5.78 Å². The van der Waals surface area contributed by atoms with Crippen molar-refractivity contribution in [2.75, 3.05) is 5.75 Å². The highest BCUT2D eigenvalue weighted by Crippen LogP contribution is 2.38. The number of carbonyl (C=O) groups is 1. The average Bonchev–Trinajstić information content (AvgIpc) is 2.76. The molecule has 1 aromatic rings.